The van der Waals surface area contributed by atoms with Gasteiger partial charge < -0.3 is 15.0 Å². The number of sulfonamides is 1. The molecule has 4 aromatic carbocycles. The predicted molar refractivity (Wildman–Crippen MR) is 187 cm³/mol. The van der Waals surface area contributed by atoms with Gasteiger partial charge in [-0.1, -0.05) is 97.2 Å². The van der Waals surface area contributed by atoms with Crippen molar-refractivity contribution in [3.63, 3.8) is 0 Å². The van der Waals surface area contributed by atoms with Gasteiger partial charge in [-0.2, -0.15) is 0 Å². The number of amides is 2. The first-order valence-electron chi connectivity index (χ1n) is 15.8. The molecule has 1 atom stereocenters. The molecule has 10 heteroatoms. The van der Waals surface area contributed by atoms with Crippen LogP contribution in [0.3, 0.4) is 0 Å². The van der Waals surface area contributed by atoms with Crippen molar-refractivity contribution in [3.8, 4) is 5.75 Å². The molecule has 248 valence electrons. The van der Waals surface area contributed by atoms with Crippen molar-refractivity contribution in [1.29, 1.82) is 0 Å². The van der Waals surface area contributed by atoms with Crippen LogP contribution >= 0.6 is 11.6 Å². The molecule has 0 heterocycles. The van der Waals surface area contributed by atoms with Gasteiger partial charge >= 0.3 is 0 Å². The van der Waals surface area contributed by atoms with Crippen LogP contribution in [0, 0.1) is 6.92 Å². The molecule has 0 unspecified atom stereocenters. The number of aryl methyl sites for hydroxylation is 1. The van der Waals surface area contributed by atoms with Gasteiger partial charge in [-0.05, 0) is 67.8 Å². The molecular weight excluding hydrogens is 634 g/mol. The topological polar surface area (TPSA) is 96.0 Å². The Hall–Kier alpha value is -4.34. The standard InChI is InChI=1S/C37H42ClN3O5S/c1-4-6-24-39-37(43)34(25-29-12-8-7-9-13-29)40(26-30-18-20-31(38)21-19-30)36(42)27-41(33-14-10-11-15-35(33)46-5-2)47(44,45)32-22-16-28(3)17-23-32/h7-23,34H,4-6,24-27H2,1-3H3,(H,39,43)/t34-/m1/s1. The minimum absolute atomic E-state index is 0.0320. The Kier molecular flexibility index (Phi) is 12.8. The van der Waals surface area contributed by atoms with E-state index in [1.54, 1.807) is 67.6 Å². The fourth-order valence-electron chi connectivity index (χ4n) is 5.14. The van der Waals surface area contributed by atoms with Crippen molar-refractivity contribution in [1.82, 2.24) is 10.2 Å². The van der Waals surface area contributed by atoms with Crippen LogP contribution in [-0.2, 0) is 32.6 Å². The highest BCUT2D eigenvalue weighted by atomic mass is 35.5. The van der Waals surface area contributed by atoms with Crippen molar-refractivity contribution >= 4 is 39.1 Å². The molecule has 8 nitrogen and oxygen atoms in total. The van der Waals surface area contributed by atoms with E-state index in [1.165, 1.54) is 17.0 Å². The van der Waals surface area contributed by atoms with E-state index in [1.807, 2.05) is 44.2 Å². The molecule has 0 aromatic heterocycles. The molecule has 0 saturated carbocycles. The lowest BCUT2D eigenvalue weighted by molar-refractivity contribution is -0.140. The highest BCUT2D eigenvalue weighted by Gasteiger charge is 2.35. The number of hydrogen-bond donors (Lipinski definition) is 1. The summed E-state index contributed by atoms with van der Waals surface area (Å²) in [4.78, 5) is 30.0. The lowest BCUT2D eigenvalue weighted by Crippen LogP contribution is -2.53. The van der Waals surface area contributed by atoms with Gasteiger partial charge in [-0.3, -0.25) is 13.9 Å². The summed E-state index contributed by atoms with van der Waals surface area (Å²) in [5.41, 5.74) is 2.72. The summed E-state index contributed by atoms with van der Waals surface area (Å²) in [6.45, 7) is 5.95. The monoisotopic (exact) mass is 675 g/mol. The number of nitrogens with one attached hydrogen (secondary N) is 1. The van der Waals surface area contributed by atoms with E-state index in [0.717, 1.165) is 33.8 Å². The van der Waals surface area contributed by atoms with Crippen LogP contribution < -0.4 is 14.4 Å². The molecule has 4 aromatic rings. The zero-order chi connectivity index (χ0) is 33.8. The molecule has 1 N–H and O–H groups in total. The molecule has 0 bridgehead atoms. The SMILES string of the molecule is CCCCNC(=O)[C@@H](Cc1ccccc1)N(Cc1ccc(Cl)cc1)C(=O)CN(c1ccccc1OCC)S(=O)(=O)c1ccc(C)cc1. The van der Waals surface area contributed by atoms with Crippen LogP contribution in [0.15, 0.2) is 108 Å². The van der Waals surface area contributed by atoms with Crippen LogP contribution in [0.4, 0.5) is 5.69 Å². The number of nitrogens with zero attached hydrogens (tertiary/aromatic N) is 2. The zero-order valence-corrected chi connectivity index (χ0v) is 28.6. The van der Waals surface area contributed by atoms with E-state index in [0.29, 0.717) is 23.9 Å². The number of halogens is 1. The lowest BCUT2D eigenvalue weighted by Gasteiger charge is -2.34. The number of rotatable bonds is 16. The summed E-state index contributed by atoms with van der Waals surface area (Å²) in [5, 5.41) is 3.54. The van der Waals surface area contributed by atoms with Crippen molar-refractivity contribution in [3.05, 3.63) is 125 Å². The molecule has 0 spiro atoms. The third-order valence-electron chi connectivity index (χ3n) is 7.69. The van der Waals surface area contributed by atoms with Gasteiger partial charge in [0.25, 0.3) is 10.0 Å². The Balaban J connectivity index is 1.82. The summed E-state index contributed by atoms with van der Waals surface area (Å²) >= 11 is 6.17. The van der Waals surface area contributed by atoms with Crippen LogP contribution in [0.1, 0.15) is 43.4 Å². The molecule has 0 saturated heterocycles. The second-order valence-corrected chi connectivity index (χ2v) is 13.5. The Labute approximate surface area is 283 Å². The first kappa shape index (κ1) is 35.5. The molecule has 0 aliphatic rings. The molecule has 0 aliphatic heterocycles. The summed E-state index contributed by atoms with van der Waals surface area (Å²) in [6.07, 6.45) is 1.91. The van der Waals surface area contributed by atoms with Crippen LogP contribution in [0.2, 0.25) is 5.02 Å². The number of carbonyl (C=O) groups excluding carboxylic acids is 2. The Morgan fingerprint density at radius 3 is 2.17 bits per heavy atom. The first-order chi connectivity index (χ1) is 22.6. The van der Waals surface area contributed by atoms with E-state index in [-0.39, 0.29) is 29.5 Å². The molecule has 2 amide bonds. The summed E-state index contributed by atoms with van der Waals surface area (Å²) in [7, 11) is -4.25. The van der Waals surface area contributed by atoms with Crippen molar-refractivity contribution < 1.29 is 22.7 Å². The number of anilines is 1. The average molecular weight is 676 g/mol. The van der Waals surface area contributed by atoms with Gasteiger partial charge in [0.05, 0.1) is 17.2 Å². The first-order valence-corrected chi connectivity index (χ1v) is 17.6. The van der Waals surface area contributed by atoms with E-state index in [4.69, 9.17) is 16.3 Å². The normalized spacial score (nSPS) is 11.8. The maximum atomic E-state index is 14.6. The van der Waals surface area contributed by atoms with E-state index < -0.39 is 28.5 Å². The van der Waals surface area contributed by atoms with Gasteiger partial charge in [-0.25, -0.2) is 8.42 Å². The Morgan fingerprint density at radius 1 is 0.851 bits per heavy atom. The number of benzene rings is 4. The molecule has 4 rings (SSSR count). The van der Waals surface area contributed by atoms with E-state index in [2.05, 4.69) is 5.32 Å². The summed E-state index contributed by atoms with van der Waals surface area (Å²) in [5.74, 6) is -0.540. The largest absolute Gasteiger partial charge is 0.492 e. The summed E-state index contributed by atoms with van der Waals surface area (Å²) < 4.78 is 35.6. The smallest absolute Gasteiger partial charge is 0.264 e. The van der Waals surface area contributed by atoms with Crippen LogP contribution in [0.5, 0.6) is 5.75 Å². The average Bonchev–Trinajstić information content (AvgIpc) is 3.07. The number of ether oxygens (including phenoxy) is 1. The second kappa shape index (κ2) is 17.0. The van der Waals surface area contributed by atoms with Crippen molar-refractivity contribution in [2.24, 2.45) is 0 Å². The molecule has 47 heavy (non-hydrogen) atoms. The fraction of sp³-hybridized carbons (Fsp3) is 0.297. The van der Waals surface area contributed by atoms with E-state index in [9.17, 15) is 18.0 Å². The third kappa shape index (κ3) is 9.59. The third-order valence-corrected chi connectivity index (χ3v) is 9.71. The number of carbonyl (C=O) groups is 2. The highest BCUT2D eigenvalue weighted by molar-refractivity contribution is 7.92. The number of para-hydroxylation sites is 2. The second-order valence-electron chi connectivity index (χ2n) is 11.2. The zero-order valence-electron chi connectivity index (χ0n) is 27.1. The van der Waals surface area contributed by atoms with Gasteiger partial charge in [0, 0.05) is 24.5 Å². The van der Waals surface area contributed by atoms with Crippen LogP contribution in [0.25, 0.3) is 0 Å². The van der Waals surface area contributed by atoms with Gasteiger partial charge in [0.15, 0.2) is 0 Å². The van der Waals surface area contributed by atoms with Crippen molar-refractivity contribution in [2.45, 2.75) is 57.5 Å². The highest BCUT2D eigenvalue weighted by Crippen LogP contribution is 2.33. The number of hydrogen-bond acceptors (Lipinski definition) is 5. The predicted octanol–water partition coefficient (Wildman–Crippen LogP) is 6.80. The van der Waals surface area contributed by atoms with Gasteiger partial charge in [-0.15, -0.1) is 0 Å². The van der Waals surface area contributed by atoms with Crippen LogP contribution in [-0.4, -0.2) is 50.9 Å². The molecule has 0 radical (unpaired) electrons. The lowest BCUT2D eigenvalue weighted by atomic mass is 10.0. The molecule has 0 fully saturated rings. The minimum atomic E-state index is -4.25. The number of unbranched alkanes of at least 4 members (excludes halogenated alkanes) is 1. The Bertz CT molecular complexity index is 1720. The Morgan fingerprint density at radius 2 is 1.51 bits per heavy atom. The fourth-order valence-corrected chi connectivity index (χ4v) is 6.69. The van der Waals surface area contributed by atoms with Gasteiger partial charge in [0.1, 0.15) is 18.3 Å². The quantitative estimate of drug-likeness (QED) is 0.132. The maximum absolute atomic E-state index is 14.6. The summed E-state index contributed by atoms with van der Waals surface area (Å²) in [6, 6.07) is 28.8. The minimum Gasteiger partial charge on any atom is -0.492 e. The molecule has 0 aliphatic carbocycles. The maximum Gasteiger partial charge on any atom is 0.264 e. The van der Waals surface area contributed by atoms with Gasteiger partial charge in [0.2, 0.25) is 11.8 Å². The molecular formula is C37H42ClN3O5S. The van der Waals surface area contributed by atoms with Crippen molar-refractivity contribution in [2.75, 3.05) is 24.0 Å². The van der Waals surface area contributed by atoms with E-state index >= 15 is 0 Å².